The van der Waals surface area contributed by atoms with E-state index in [0.29, 0.717) is 23.8 Å². The third-order valence-corrected chi connectivity index (χ3v) is 2.06. The van der Waals surface area contributed by atoms with Gasteiger partial charge in [-0.05, 0) is 26.0 Å². The molecule has 17 heavy (non-hydrogen) atoms. The van der Waals surface area contributed by atoms with Gasteiger partial charge in [-0.3, -0.25) is 4.79 Å². The maximum absolute atomic E-state index is 10.8. The largest absolute Gasteiger partial charge is 0.481 e. The highest BCUT2D eigenvalue weighted by atomic mass is 16.5. The Bertz CT molecular complexity index is 537. The van der Waals surface area contributed by atoms with Crippen LogP contribution in [-0.2, 0) is 6.61 Å². The molecule has 0 radical (unpaired) electrons. The van der Waals surface area contributed by atoms with E-state index in [9.17, 15) is 4.79 Å². The number of carbonyl (C=O) groups excluding carboxylic acids is 1. The Hall–Kier alpha value is -2.24. The summed E-state index contributed by atoms with van der Waals surface area (Å²) in [6.07, 6.45) is 0.654. The number of hydrogen-bond acceptors (Lipinski definition) is 6. The average molecular weight is 233 g/mol. The summed E-state index contributed by atoms with van der Waals surface area (Å²) in [6.45, 7) is 3.64. The fourth-order valence-corrected chi connectivity index (χ4v) is 1.31. The van der Waals surface area contributed by atoms with Crippen molar-refractivity contribution in [3.05, 3.63) is 35.2 Å². The number of carbonyl (C=O) groups is 1. The van der Waals surface area contributed by atoms with E-state index in [4.69, 9.17) is 9.26 Å². The molecular weight excluding hydrogens is 222 g/mol. The van der Waals surface area contributed by atoms with Gasteiger partial charge in [0.25, 0.3) is 5.89 Å². The molecule has 2 aromatic rings. The predicted molar refractivity (Wildman–Crippen MR) is 57.7 cm³/mol. The minimum absolute atomic E-state index is 0.117. The monoisotopic (exact) mass is 233 g/mol. The van der Waals surface area contributed by atoms with Gasteiger partial charge >= 0.3 is 0 Å². The van der Waals surface area contributed by atoms with Gasteiger partial charge in [-0.15, -0.1) is 0 Å². The lowest BCUT2D eigenvalue weighted by molar-refractivity contribution is 0.111. The van der Waals surface area contributed by atoms with Gasteiger partial charge < -0.3 is 9.26 Å². The lowest BCUT2D eigenvalue weighted by Crippen LogP contribution is -2.01. The lowest BCUT2D eigenvalue weighted by Gasteiger charge is -2.05. The van der Waals surface area contributed by atoms with Crippen LogP contribution in [-0.4, -0.2) is 21.4 Å². The molecule has 0 aliphatic carbocycles. The fourth-order valence-electron chi connectivity index (χ4n) is 1.31. The molecule has 6 heteroatoms. The summed E-state index contributed by atoms with van der Waals surface area (Å²) < 4.78 is 10.3. The van der Waals surface area contributed by atoms with Crippen molar-refractivity contribution >= 4 is 6.29 Å². The lowest BCUT2D eigenvalue weighted by atomic mass is 10.3. The first kappa shape index (κ1) is 11.3. The number of hydrogen-bond donors (Lipinski definition) is 0. The van der Waals surface area contributed by atoms with Crippen molar-refractivity contribution in [1.29, 1.82) is 0 Å². The SMILES string of the molecule is Cc1ccc(OCc2nc(C)no2)c(C=O)n1. The molecule has 0 saturated carbocycles. The highest BCUT2D eigenvalue weighted by Crippen LogP contribution is 2.16. The van der Waals surface area contributed by atoms with Crippen molar-refractivity contribution in [3.63, 3.8) is 0 Å². The summed E-state index contributed by atoms with van der Waals surface area (Å²) in [6, 6.07) is 3.46. The van der Waals surface area contributed by atoms with Gasteiger partial charge in [-0.1, -0.05) is 5.16 Å². The van der Waals surface area contributed by atoms with Crippen molar-refractivity contribution in [2.45, 2.75) is 20.5 Å². The summed E-state index contributed by atoms with van der Waals surface area (Å²) in [4.78, 5) is 18.8. The van der Waals surface area contributed by atoms with Gasteiger partial charge in [0.1, 0.15) is 11.4 Å². The van der Waals surface area contributed by atoms with Crippen LogP contribution in [0.25, 0.3) is 0 Å². The van der Waals surface area contributed by atoms with E-state index in [1.165, 1.54) is 0 Å². The molecule has 0 saturated heterocycles. The molecule has 88 valence electrons. The summed E-state index contributed by atoms with van der Waals surface area (Å²) in [5.74, 6) is 1.31. The molecule has 0 aliphatic rings. The minimum Gasteiger partial charge on any atom is -0.481 e. The number of rotatable bonds is 4. The van der Waals surface area contributed by atoms with E-state index in [1.807, 2.05) is 0 Å². The van der Waals surface area contributed by atoms with Crippen LogP contribution in [0.1, 0.15) is 27.9 Å². The molecule has 0 aromatic carbocycles. The maximum Gasteiger partial charge on any atom is 0.264 e. The Morgan fingerprint density at radius 3 is 2.82 bits per heavy atom. The summed E-state index contributed by atoms with van der Waals surface area (Å²) >= 11 is 0. The zero-order valence-electron chi connectivity index (χ0n) is 9.51. The van der Waals surface area contributed by atoms with E-state index < -0.39 is 0 Å². The average Bonchev–Trinajstić information content (AvgIpc) is 2.73. The highest BCUT2D eigenvalue weighted by Gasteiger charge is 2.08. The Balaban J connectivity index is 2.11. The van der Waals surface area contributed by atoms with E-state index >= 15 is 0 Å². The summed E-state index contributed by atoms with van der Waals surface area (Å²) in [5, 5.41) is 3.63. The van der Waals surface area contributed by atoms with Crippen LogP contribution in [0.4, 0.5) is 0 Å². The molecule has 2 aromatic heterocycles. The van der Waals surface area contributed by atoms with Crippen molar-refractivity contribution in [2.24, 2.45) is 0 Å². The molecule has 0 bridgehead atoms. The second kappa shape index (κ2) is 4.73. The van der Waals surface area contributed by atoms with E-state index in [2.05, 4.69) is 15.1 Å². The predicted octanol–water partition coefficient (Wildman–Crippen LogP) is 1.47. The van der Waals surface area contributed by atoms with Gasteiger partial charge in [0.2, 0.25) is 0 Å². The molecule has 0 amide bonds. The second-order valence-electron chi connectivity index (χ2n) is 3.48. The number of aldehydes is 1. The highest BCUT2D eigenvalue weighted by molar-refractivity contribution is 5.76. The Kier molecular flexibility index (Phi) is 3.13. The zero-order valence-corrected chi connectivity index (χ0v) is 9.51. The first-order chi connectivity index (χ1) is 8.19. The molecule has 2 heterocycles. The number of aryl methyl sites for hydroxylation is 2. The third-order valence-electron chi connectivity index (χ3n) is 2.06. The van der Waals surface area contributed by atoms with Gasteiger partial charge in [0.15, 0.2) is 18.7 Å². The maximum atomic E-state index is 10.8. The summed E-state index contributed by atoms with van der Waals surface area (Å²) in [5.41, 5.74) is 1.02. The molecule has 0 atom stereocenters. The normalized spacial score (nSPS) is 10.2. The van der Waals surface area contributed by atoms with Crippen LogP contribution < -0.4 is 4.74 Å². The smallest absolute Gasteiger partial charge is 0.264 e. The van der Waals surface area contributed by atoms with E-state index in [1.54, 1.807) is 26.0 Å². The van der Waals surface area contributed by atoms with Crippen molar-refractivity contribution in [1.82, 2.24) is 15.1 Å². The van der Waals surface area contributed by atoms with Crippen LogP contribution in [0, 0.1) is 13.8 Å². The van der Waals surface area contributed by atoms with Crippen molar-refractivity contribution < 1.29 is 14.1 Å². The molecule has 0 N–H and O–H groups in total. The van der Waals surface area contributed by atoms with Crippen LogP contribution in [0.5, 0.6) is 5.75 Å². The van der Waals surface area contributed by atoms with Gasteiger partial charge in [0, 0.05) is 5.69 Å². The number of nitrogens with zero attached hydrogens (tertiary/aromatic N) is 3. The minimum atomic E-state index is 0.117. The molecule has 0 fully saturated rings. The molecule has 0 aliphatic heterocycles. The number of ether oxygens (including phenoxy) is 1. The van der Waals surface area contributed by atoms with Gasteiger partial charge in [0.05, 0.1) is 0 Å². The Morgan fingerprint density at radius 1 is 1.35 bits per heavy atom. The summed E-state index contributed by atoms with van der Waals surface area (Å²) in [7, 11) is 0. The molecule has 2 rings (SSSR count). The van der Waals surface area contributed by atoms with E-state index in [0.717, 1.165) is 5.69 Å². The molecule has 0 unspecified atom stereocenters. The molecule has 6 nitrogen and oxygen atoms in total. The topological polar surface area (TPSA) is 78.1 Å². The first-order valence-electron chi connectivity index (χ1n) is 5.04. The van der Waals surface area contributed by atoms with Crippen molar-refractivity contribution in [2.75, 3.05) is 0 Å². The Labute approximate surface area is 97.6 Å². The third kappa shape index (κ3) is 2.66. The van der Waals surface area contributed by atoms with Crippen molar-refractivity contribution in [3.8, 4) is 5.75 Å². The van der Waals surface area contributed by atoms with E-state index in [-0.39, 0.29) is 12.3 Å². The zero-order chi connectivity index (χ0) is 12.3. The second-order valence-corrected chi connectivity index (χ2v) is 3.48. The number of pyridine rings is 1. The Morgan fingerprint density at radius 2 is 2.18 bits per heavy atom. The van der Waals surface area contributed by atoms with Crippen LogP contribution in [0.2, 0.25) is 0 Å². The molecule has 0 spiro atoms. The van der Waals surface area contributed by atoms with Crippen LogP contribution in [0.3, 0.4) is 0 Å². The fraction of sp³-hybridized carbons (Fsp3) is 0.273. The standard InChI is InChI=1S/C11H11N3O3/c1-7-3-4-10(9(5-15)12-7)16-6-11-13-8(2)14-17-11/h3-5H,6H2,1-2H3. The first-order valence-corrected chi connectivity index (χ1v) is 5.04. The van der Waals surface area contributed by atoms with Gasteiger partial charge in [-0.25, -0.2) is 4.98 Å². The van der Waals surface area contributed by atoms with Crippen LogP contribution >= 0.6 is 0 Å². The molecular formula is C11H11N3O3. The van der Waals surface area contributed by atoms with Gasteiger partial charge in [-0.2, -0.15) is 4.98 Å². The quantitative estimate of drug-likeness (QED) is 0.744. The van der Waals surface area contributed by atoms with Crippen LogP contribution in [0.15, 0.2) is 16.7 Å². The number of aromatic nitrogens is 3.